The van der Waals surface area contributed by atoms with Gasteiger partial charge in [0, 0.05) is 18.5 Å². The maximum atomic E-state index is 5.84. The summed E-state index contributed by atoms with van der Waals surface area (Å²) >= 11 is 0. The average molecular weight is 279 g/mol. The summed E-state index contributed by atoms with van der Waals surface area (Å²) < 4.78 is 5.84. The lowest BCUT2D eigenvalue weighted by Gasteiger charge is -2.14. The fraction of sp³-hybridized carbons (Fsp3) is 0.750. The van der Waals surface area contributed by atoms with E-state index in [2.05, 4.69) is 49.9 Å². The summed E-state index contributed by atoms with van der Waals surface area (Å²) in [4.78, 5) is 9.03. The van der Waals surface area contributed by atoms with Crippen LogP contribution in [0.3, 0.4) is 0 Å². The van der Waals surface area contributed by atoms with Gasteiger partial charge in [0.1, 0.15) is 11.6 Å². The molecule has 0 aliphatic heterocycles. The smallest absolute Gasteiger partial charge is 0.218 e. The van der Waals surface area contributed by atoms with Gasteiger partial charge in [0.2, 0.25) is 5.88 Å². The molecule has 0 saturated carbocycles. The average Bonchev–Trinajstić information content (AvgIpc) is 2.43. The second kappa shape index (κ2) is 8.77. The maximum Gasteiger partial charge on any atom is 0.218 e. The molecular weight excluding hydrogens is 250 g/mol. The Morgan fingerprint density at radius 2 is 1.90 bits per heavy atom. The van der Waals surface area contributed by atoms with Crippen LogP contribution in [0.5, 0.6) is 5.88 Å². The van der Waals surface area contributed by atoms with Gasteiger partial charge in [-0.15, -0.1) is 0 Å². The number of aromatic nitrogens is 2. The van der Waals surface area contributed by atoms with Gasteiger partial charge >= 0.3 is 0 Å². The van der Waals surface area contributed by atoms with Gasteiger partial charge in [-0.05, 0) is 18.8 Å². The predicted molar refractivity (Wildman–Crippen MR) is 84.5 cm³/mol. The normalized spacial score (nSPS) is 12.5. The Kier molecular flexibility index (Phi) is 7.34. The van der Waals surface area contributed by atoms with Crippen LogP contribution in [-0.2, 0) is 0 Å². The van der Waals surface area contributed by atoms with Crippen molar-refractivity contribution in [1.82, 2.24) is 9.97 Å². The van der Waals surface area contributed by atoms with Gasteiger partial charge in [0.25, 0.3) is 0 Å². The Labute approximate surface area is 123 Å². The third-order valence-corrected chi connectivity index (χ3v) is 3.09. The highest BCUT2D eigenvalue weighted by Gasteiger charge is 2.10. The standard InChI is InChI=1S/C16H29N3O/c1-6-8-13(5)11-20-15-10-14(17-9-7-2)18-16(19-15)12(3)4/h10,12-13H,6-9,11H2,1-5H3,(H,17,18,19). The van der Waals surface area contributed by atoms with E-state index in [-0.39, 0.29) is 0 Å². The zero-order valence-electron chi connectivity index (χ0n) is 13.6. The molecule has 1 aromatic heterocycles. The van der Waals surface area contributed by atoms with Gasteiger partial charge in [-0.1, -0.05) is 41.0 Å². The van der Waals surface area contributed by atoms with Gasteiger partial charge in [-0.25, -0.2) is 4.98 Å². The van der Waals surface area contributed by atoms with Crippen molar-refractivity contribution in [1.29, 1.82) is 0 Å². The lowest BCUT2D eigenvalue weighted by atomic mass is 10.1. The summed E-state index contributed by atoms with van der Waals surface area (Å²) in [6.07, 6.45) is 3.45. The summed E-state index contributed by atoms with van der Waals surface area (Å²) in [6, 6.07) is 1.90. The van der Waals surface area contributed by atoms with Crippen molar-refractivity contribution >= 4 is 5.82 Å². The molecule has 1 heterocycles. The number of hydrogen-bond donors (Lipinski definition) is 1. The van der Waals surface area contributed by atoms with Crippen LogP contribution in [-0.4, -0.2) is 23.1 Å². The number of rotatable bonds is 9. The van der Waals surface area contributed by atoms with Crippen molar-refractivity contribution in [3.8, 4) is 5.88 Å². The SMILES string of the molecule is CCCNc1cc(OCC(C)CCC)nc(C(C)C)n1. The van der Waals surface area contributed by atoms with Gasteiger partial charge in [0.05, 0.1) is 6.61 Å². The van der Waals surface area contributed by atoms with Crippen LogP contribution in [0.25, 0.3) is 0 Å². The Balaban J connectivity index is 2.74. The first-order valence-corrected chi connectivity index (χ1v) is 7.82. The zero-order valence-corrected chi connectivity index (χ0v) is 13.6. The quantitative estimate of drug-likeness (QED) is 0.734. The van der Waals surface area contributed by atoms with Crippen LogP contribution in [0.15, 0.2) is 6.07 Å². The number of hydrogen-bond acceptors (Lipinski definition) is 4. The second-order valence-corrected chi connectivity index (χ2v) is 5.74. The third-order valence-electron chi connectivity index (χ3n) is 3.09. The van der Waals surface area contributed by atoms with Crippen molar-refractivity contribution < 1.29 is 4.74 Å². The van der Waals surface area contributed by atoms with Crippen molar-refractivity contribution in [3.63, 3.8) is 0 Å². The van der Waals surface area contributed by atoms with Crippen LogP contribution < -0.4 is 10.1 Å². The maximum absolute atomic E-state index is 5.84. The number of ether oxygens (including phenoxy) is 1. The Morgan fingerprint density at radius 3 is 2.50 bits per heavy atom. The van der Waals surface area contributed by atoms with E-state index in [9.17, 15) is 0 Å². The van der Waals surface area contributed by atoms with E-state index in [0.29, 0.717) is 17.7 Å². The van der Waals surface area contributed by atoms with Gasteiger partial charge in [-0.2, -0.15) is 4.98 Å². The fourth-order valence-corrected chi connectivity index (χ4v) is 1.92. The van der Waals surface area contributed by atoms with E-state index < -0.39 is 0 Å². The zero-order chi connectivity index (χ0) is 15.0. The molecule has 1 rings (SSSR count). The molecule has 4 heteroatoms. The predicted octanol–water partition coefficient (Wildman–Crippen LogP) is 4.24. The largest absolute Gasteiger partial charge is 0.477 e. The second-order valence-electron chi connectivity index (χ2n) is 5.74. The molecule has 1 N–H and O–H groups in total. The van der Waals surface area contributed by atoms with Crippen molar-refractivity contribution in [2.45, 2.75) is 59.8 Å². The van der Waals surface area contributed by atoms with E-state index in [1.54, 1.807) is 0 Å². The Morgan fingerprint density at radius 1 is 1.15 bits per heavy atom. The summed E-state index contributed by atoms with van der Waals surface area (Å²) in [5.74, 6) is 3.25. The summed E-state index contributed by atoms with van der Waals surface area (Å²) in [6.45, 7) is 12.4. The molecule has 0 fully saturated rings. The first-order valence-electron chi connectivity index (χ1n) is 7.82. The highest BCUT2D eigenvalue weighted by molar-refractivity contribution is 5.38. The van der Waals surface area contributed by atoms with Crippen molar-refractivity contribution in [3.05, 3.63) is 11.9 Å². The third kappa shape index (κ3) is 5.76. The lowest BCUT2D eigenvalue weighted by molar-refractivity contribution is 0.242. The molecule has 0 aliphatic rings. The van der Waals surface area contributed by atoms with Crippen molar-refractivity contribution in [2.75, 3.05) is 18.5 Å². The summed E-state index contributed by atoms with van der Waals surface area (Å²) in [5.41, 5.74) is 0. The molecule has 1 aromatic rings. The molecule has 1 unspecified atom stereocenters. The number of nitrogens with one attached hydrogen (secondary N) is 1. The van der Waals surface area contributed by atoms with Gasteiger partial charge in [-0.3, -0.25) is 0 Å². The van der Waals surface area contributed by atoms with Gasteiger partial charge in [0.15, 0.2) is 0 Å². The Bertz CT molecular complexity index is 393. The van der Waals surface area contributed by atoms with Gasteiger partial charge < -0.3 is 10.1 Å². The molecule has 4 nitrogen and oxygen atoms in total. The minimum Gasteiger partial charge on any atom is -0.477 e. The van der Waals surface area contributed by atoms with Crippen LogP contribution in [0.1, 0.15) is 65.6 Å². The minimum atomic E-state index is 0.300. The fourth-order valence-electron chi connectivity index (χ4n) is 1.92. The van der Waals surface area contributed by atoms with Crippen LogP contribution in [0.4, 0.5) is 5.82 Å². The van der Waals surface area contributed by atoms with E-state index >= 15 is 0 Å². The van der Waals surface area contributed by atoms with Crippen LogP contribution in [0.2, 0.25) is 0 Å². The first-order chi connectivity index (χ1) is 9.56. The lowest BCUT2D eigenvalue weighted by Crippen LogP contribution is -2.12. The molecule has 0 saturated heterocycles. The van der Waals surface area contributed by atoms with Crippen molar-refractivity contribution in [2.24, 2.45) is 5.92 Å². The molecule has 1 atom stereocenters. The minimum absolute atomic E-state index is 0.300. The van der Waals surface area contributed by atoms with E-state index in [1.165, 1.54) is 12.8 Å². The Hall–Kier alpha value is -1.32. The molecule has 0 spiro atoms. The molecule has 114 valence electrons. The van der Waals surface area contributed by atoms with E-state index in [1.807, 2.05) is 6.07 Å². The highest BCUT2D eigenvalue weighted by Crippen LogP contribution is 2.19. The van der Waals surface area contributed by atoms with Crippen LogP contribution in [0, 0.1) is 5.92 Å². The molecule has 0 bridgehead atoms. The summed E-state index contributed by atoms with van der Waals surface area (Å²) in [7, 11) is 0. The number of anilines is 1. The number of nitrogens with zero attached hydrogens (tertiary/aromatic N) is 2. The molecule has 0 amide bonds. The topological polar surface area (TPSA) is 47.0 Å². The van der Waals surface area contributed by atoms with Crippen LogP contribution >= 0.6 is 0 Å². The highest BCUT2D eigenvalue weighted by atomic mass is 16.5. The van der Waals surface area contributed by atoms with E-state index in [4.69, 9.17) is 4.74 Å². The first kappa shape index (κ1) is 16.7. The molecule has 0 aliphatic carbocycles. The van der Waals surface area contributed by atoms with E-state index in [0.717, 1.165) is 31.2 Å². The summed E-state index contributed by atoms with van der Waals surface area (Å²) in [5, 5.41) is 3.31. The monoisotopic (exact) mass is 279 g/mol. The molecule has 20 heavy (non-hydrogen) atoms. The molecule has 0 radical (unpaired) electrons. The molecule has 0 aromatic carbocycles. The molecular formula is C16H29N3O.